The number of aryl methyl sites for hydroxylation is 2. The Morgan fingerprint density at radius 1 is 0.970 bits per heavy atom. The van der Waals surface area contributed by atoms with Crippen LogP contribution in [0.2, 0.25) is 0 Å². The smallest absolute Gasteiger partial charge is 0.244 e. The van der Waals surface area contributed by atoms with Crippen LogP contribution in [0.1, 0.15) is 43.9 Å². The van der Waals surface area contributed by atoms with Gasteiger partial charge in [0, 0.05) is 12.6 Å². The van der Waals surface area contributed by atoms with E-state index in [0.717, 1.165) is 33.7 Å². The van der Waals surface area contributed by atoms with E-state index in [1.165, 1.54) is 4.90 Å². The van der Waals surface area contributed by atoms with Crippen molar-refractivity contribution in [1.82, 2.24) is 10.2 Å². The first-order valence-corrected chi connectivity index (χ1v) is 13.0. The Labute approximate surface area is 197 Å². The fourth-order valence-corrected chi connectivity index (χ4v) is 4.57. The maximum absolute atomic E-state index is 13.5. The highest BCUT2D eigenvalue weighted by molar-refractivity contribution is 7.92. The van der Waals surface area contributed by atoms with E-state index in [4.69, 9.17) is 0 Å². The minimum absolute atomic E-state index is 0.0317. The van der Waals surface area contributed by atoms with Crippen LogP contribution in [0.5, 0.6) is 0 Å². The summed E-state index contributed by atoms with van der Waals surface area (Å²) in [4.78, 5) is 27.9. The van der Waals surface area contributed by atoms with E-state index < -0.39 is 28.5 Å². The molecule has 0 saturated carbocycles. The Morgan fingerprint density at radius 3 is 2.06 bits per heavy atom. The number of rotatable bonds is 10. The van der Waals surface area contributed by atoms with Gasteiger partial charge in [-0.2, -0.15) is 0 Å². The maximum atomic E-state index is 13.5. The van der Waals surface area contributed by atoms with Crippen LogP contribution in [0.4, 0.5) is 5.69 Å². The third-order valence-electron chi connectivity index (χ3n) is 5.73. The molecule has 0 unspecified atom stereocenters. The molecule has 8 heteroatoms. The van der Waals surface area contributed by atoms with E-state index in [0.29, 0.717) is 5.69 Å². The standard InChI is InChI=1S/C25H35N3O4S/c1-7-20(4)26-25(30)21(5)27(16-22-14-9-8-10-15-22)23(29)17-28(33(6,31)32)24-18(2)12-11-13-19(24)3/h8-15,20-21H,7,16-17H2,1-6H3,(H,26,30)/t20-,21-/m0/s1. The van der Waals surface area contributed by atoms with Gasteiger partial charge in [0.2, 0.25) is 21.8 Å². The molecule has 0 radical (unpaired) electrons. The fraction of sp³-hybridized carbons (Fsp3) is 0.440. The Bertz CT molecular complexity index is 1050. The van der Waals surface area contributed by atoms with Crippen molar-refractivity contribution in [2.75, 3.05) is 17.1 Å². The molecule has 2 aromatic carbocycles. The molecular formula is C25H35N3O4S. The molecule has 0 spiro atoms. The summed E-state index contributed by atoms with van der Waals surface area (Å²) in [7, 11) is -3.75. The fourth-order valence-electron chi connectivity index (χ4n) is 3.60. The van der Waals surface area contributed by atoms with Crippen molar-refractivity contribution in [1.29, 1.82) is 0 Å². The van der Waals surface area contributed by atoms with Gasteiger partial charge in [0.1, 0.15) is 12.6 Å². The largest absolute Gasteiger partial charge is 0.352 e. The summed E-state index contributed by atoms with van der Waals surface area (Å²) < 4.78 is 26.6. The number of carbonyl (C=O) groups excluding carboxylic acids is 2. The number of amides is 2. The average molecular weight is 474 g/mol. The molecule has 2 rings (SSSR count). The van der Waals surface area contributed by atoms with Gasteiger partial charge in [-0.25, -0.2) is 8.42 Å². The van der Waals surface area contributed by atoms with Crippen molar-refractivity contribution in [3.05, 3.63) is 65.2 Å². The molecule has 0 heterocycles. The quantitative estimate of drug-likeness (QED) is 0.573. The van der Waals surface area contributed by atoms with Crippen LogP contribution < -0.4 is 9.62 Å². The minimum Gasteiger partial charge on any atom is -0.352 e. The predicted molar refractivity (Wildman–Crippen MR) is 132 cm³/mol. The third kappa shape index (κ3) is 7.05. The molecule has 2 amide bonds. The van der Waals surface area contributed by atoms with Gasteiger partial charge in [0.15, 0.2) is 0 Å². The molecule has 180 valence electrons. The first kappa shape index (κ1) is 26.4. The summed E-state index contributed by atoms with van der Waals surface area (Å²) >= 11 is 0. The monoisotopic (exact) mass is 473 g/mol. The first-order chi connectivity index (χ1) is 15.5. The summed E-state index contributed by atoms with van der Waals surface area (Å²) in [5, 5.41) is 2.92. The highest BCUT2D eigenvalue weighted by atomic mass is 32.2. The number of hydrogen-bond acceptors (Lipinski definition) is 4. The Balaban J connectivity index is 2.42. The van der Waals surface area contributed by atoms with Crippen molar-refractivity contribution in [3.8, 4) is 0 Å². The normalized spacial score (nSPS) is 13.2. The van der Waals surface area contributed by atoms with E-state index in [2.05, 4.69) is 5.32 Å². The molecule has 1 N–H and O–H groups in total. The molecule has 2 atom stereocenters. The molecule has 0 fully saturated rings. The highest BCUT2D eigenvalue weighted by Gasteiger charge is 2.31. The van der Waals surface area contributed by atoms with Gasteiger partial charge in [-0.15, -0.1) is 0 Å². The van der Waals surface area contributed by atoms with E-state index in [9.17, 15) is 18.0 Å². The number of carbonyl (C=O) groups is 2. The number of sulfonamides is 1. The zero-order chi connectivity index (χ0) is 24.8. The number of para-hydroxylation sites is 1. The Morgan fingerprint density at radius 2 is 1.55 bits per heavy atom. The molecule has 0 aromatic heterocycles. The van der Waals surface area contributed by atoms with Crippen LogP contribution >= 0.6 is 0 Å². The van der Waals surface area contributed by atoms with Crippen LogP contribution in [0.3, 0.4) is 0 Å². The molecule has 0 bridgehead atoms. The summed E-state index contributed by atoms with van der Waals surface area (Å²) in [6, 6.07) is 14.0. The zero-order valence-electron chi connectivity index (χ0n) is 20.3. The minimum atomic E-state index is -3.75. The average Bonchev–Trinajstić information content (AvgIpc) is 2.75. The lowest BCUT2D eigenvalue weighted by Gasteiger charge is -2.32. The lowest BCUT2D eigenvalue weighted by Crippen LogP contribution is -2.52. The van der Waals surface area contributed by atoms with Crippen LogP contribution in [0.25, 0.3) is 0 Å². The lowest BCUT2D eigenvalue weighted by molar-refractivity contribution is -0.139. The molecular weight excluding hydrogens is 438 g/mol. The van der Waals surface area contributed by atoms with Crippen LogP contribution in [-0.2, 0) is 26.2 Å². The van der Waals surface area contributed by atoms with Crippen LogP contribution in [0.15, 0.2) is 48.5 Å². The molecule has 0 saturated heterocycles. The SMILES string of the molecule is CC[C@H](C)NC(=O)[C@H](C)N(Cc1ccccc1)C(=O)CN(c1c(C)cccc1C)S(C)(=O)=O. The van der Waals surface area contributed by atoms with E-state index in [1.54, 1.807) is 6.92 Å². The number of hydrogen-bond donors (Lipinski definition) is 1. The Kier molecular flexibility index (Phi) is 9.05. The van der Waals surface area contributed by atoms with Gasteiger partial charge in [-0.3, -0.25) is 13.9 Å². The van der Waals surface area contributed by atoms with E-state index >= 15 is 0 Å². The van der Waals surface area contributed by atoms with Crippen molar-refractivity contribution in [3.63, 3.8) is 0 Å². The maximum Gasteiger partial charge on any atom is 0.244 e. The molecule has 0 aliphatic rings. The predicted octanol–water partition coefficient (Wildman–Crippen LogP) is 3.40. The van der Waals surface area contributed by atoms with E-state index in [1.807, 2.05) is 76.2 Å². The van der Waals surface area contributed by atoms with Gasteiger partial charge in [0.25, 0.3) is 0 Å². The van der Waals surface area contributed by atoms with Gasteiger partial charge in [-0.1, -0.05) is 55.5 Å². The number of benzene rings is 2. The summed E-state index contributed by atoms with van der Waals surface area (Å²) in [5.74, 6) is -0.717. The van der Waals surface area contributed by atoms with Crippen molar-refractivity contribution in [2.45, 2.75) is 59.7 Å². The van der Waals surface area contributed by atoms with Crippen molar-refractivity contribution < 1.29 is 18.0 Å². The van der Waals surface area contributed by atoms with E-state index in [-0.39, 0.29) is 18.5 Å². The summed E-state index contributed by atoms with van der Waals surface area (Å²) in [6.07, 6.45) is 1.85. The first-order valence-electron chi connectivity index (χ1n) is 11.1. The van der Waals surface area contributed by atoms with Crippen molar-refractivity contribution >= 4 is 27.5 Å². The second-order valence-electron chi connectivity index (χ2n) is 8.51. The number of nitrogens with one attached hydrogen (secondary N) is 1. The summed E-state index contributed by atoms with van der Waals surface area (Å²) in [5.41, 5.74) is 2.85. The molecule has 2 aromatic rings. The second kappa shape index (κ2) is 11.3. The van der Waals surface area contributed by atoms with Gasteiger partial charge < -0.3 is 10.2 Å². The molecule has 0 aliphatic carbocycles. The highest BCUT2D eigenvalue weighted by Crippen LogP contribution is 2.27. The number of anilines is 1. The molecule has 33 heavy (non-hydrogen) atoms. The summed E-state index contributed by atoms with van der Waals surface area (Å²) in [6.45, 7) is 8.97. The van der Waals surface area contributed by atoms with Gasteiger partial charge >= 0.3 is 0 Å². The third-order valence-corrected chi connectivity index (χ3v) is 6.84. The van der Waals surface area contributed by atoms with Gasteiger partial charge in [0.05, 0.1) is 11.9 Å². The second-order valence-corrected chi connectivity index (χ2v) is 10.4. The molecule has 7 nitrogen and oxygen atoms in total. The Hall–Kier alpha value is -2.87. The lowest BCUT2D eigenvalue weighted by atomic mass is 10.1. The number of nitrogens with zero attached hydrogens (tertiary/aromatic N) is 2. The van der Waals surface area contributed by atoms with Crippen LogP contribution in [-0.4, -0.2) is 50.0 Å². The molecule has 0 aliphatic heterocycles. The van der Waals surface area contributed by atoms with Crippen LogP contribution in [0, 0.1) is 13.8 Å². The van der Waals surface area contributed by atoms with Gasteiger partial charge in [-0.05, 0) is 50.8 Å². The topological polar surface area (TPSA) is 86.8 Å². The van der Waals surface area contributed by atoms with Crippen molar-refractivity contribution in [2.24, 2.45) is 0 Å². The zero-order valence-corrected chi connectivity index (χ0v) is 21.1.